The molecule has 0 bridgehead atoms. The van der Waals surface area contributed by atoms with Gasteiger partial charge >= 0.3 is 0 Å². The molecule has 0 spiro atoms. The van der Waals surface area contributed by atoms with Crippen LogP contribution in [0.2, 0.25) is 5.02 Å². The summed E-state index contributed by atoms with van der Waals surface area (Å²) in [6.45, 7) is 2.62. The number of hydrogen-bond acceptors (Lipinski definition) is 5. The minimum absolute atomic E-state index is 0.0724. The molecule has 1 N–H and O–H groups in total. The second-order valence-electron chi connectivity index (χ2n) is 8.31. The second kappa shape index (κ2) is 12.0. The molecule has 0 aromatic heterocycles. The molecule has 3 aromatic carbocycles. The van der Waals surface area contributed by atoms with Gasteiger partial charge in [0.05, 0.1) is 25.0 Å². The zero-order chi connectivity index (χ0) is 22.9. The lowest BCUT2D eigenvalue weighted by Crippen LogP contribution is -2.39. The average Bonchev–Trinajstić information content (AvgIpc) is 3.29. The first-order chi connectivity index (χ1) is 16.2. The molecular weight excluding hydrogens is 436 g/mol. The van der Waals surface area contributed by atoms with Crippen LogP contribution in [-0.2, 0) is 22.7 Å². The first-order valence-electron chi connectivity index (χ1n) is 11.2. The lowest BCUT2D eigenvalue weighted by atomic mass is 10.0. The lowest BCUT2D eigenvalue weighted by molar-refractivity contribution is -0.00648. The summed E-state index contributed by atoms with van der Waals surface area (Å²) >= 11 is 6.00. The van der Waals surface area contributed by atoms with E-state index in [1.54, 1.807) is 0 Å². The Morgan fingerprint density at radius 3 is 2.33 bits per heavy atom. The predicted octanol–water partition coefficient (Wildman–Crippen LogP) is 4.91. The number of aliphatic hydroxyl groups excluding tert-OH is 1. The molecule has 6 heteroatoms. The first kappa shape index (κ1) is 23.5. The maximum atomic E-state index is 10.7. The normalized spacial score (nSPS) is 16.5. The van der Waals surface area contributed by atoms with Crippen molar-refractivity contribution in [3.05, 3.63) is 107 Å². The van der Waals surface area contributed by atoms with Crippen LogP contribution in [0, 0.1) is 0 Å². The van der Waals surface area contributed by atoms with E-state index in [0.29, 0.717) is 37.7 Å². The van der Waals surface area contributed by atoms with Crippen molar-refractivity contribution in [3.8, 4) is 0 Å². The summed E-state index contributed by atoms with van der Waals surface area (Å²) in [6.07, 6.45) is 0.0420. The molecule has 33 heavy (non-hydrogen) atoms. The Morgan fingerprint density at radius 2 is 1.64 bits per heavy atom. The lowest BCUT2D eigenvalue weighted by Gasteiger charge is -2.27. The van der Waals surface area contributed by atoms with Gasteiger partial charge in [-0.2, -0.15) is 0 Å². The molecular formula is C27H29ClN2O3. The van der Waals surface area contributed by atoms with Crippen molar-refractivity contribution in [2.45, 2.75) is 31.8 Å². The average molecular weight is 465 g/mol. The molecule has 2 atom stereocenters. The third kappa shape index (κ3) is 7.41. The quantitative estimate of drug-likeness (QED) is 0.438. The molecule has 172 valence electrons. The molecule has 4 rings (SSSR count). The number of ether oxygens (including phenoxy) is 1. The van der Waals surface area contributed by atoms with Gasteiger partial charge in [0, 0.05) is 31.1 Å². The molecule has 0 unspecified atom stereocenters. The Morgan fingerprint density at radius 1 is 0.970 bits per heavy atom. The van der Waals surface area contributed by atoms with Gasteiger partial charge in [-0.15, -0.1) is 0 Å². The Kier molecular flexibility index (Phi) is 8.50. The SMILES string of the molecule is O[C@@H](COCc1ccccc1)CN(Cc1ccccc1)C[C@H]1CC(c2ccc(Cl)cc2)=NO1. The van der Waals surface area contributed by atoms with Crippen molar-refractivity contribution in [3.63, 3.8) is 0 Å². The van der Waals surface area contributed by atoms with Gasteiger partial charge in [-0.1, -0.05) is 89.6 Å². The van der Waals surface area contributed by atoms with E-state index >= 15 is 0 Å². The van der Waals surface area contributed by atoms with Crippen molar-refractivity contribution in [2.75, 3.05) is 19.7 Å². The fraction of sp³-hybridized carbons (Fsp3) is 0.296. The zero-order valence-electron chi connectivity index (χ0n) is 18.5. The van der Waals surface area contributed by atoms with Crippen molar-refractivity contribution in [1.82, 2.24) is 4.90 Å². The molecule has 0 aliphatic carbocycles. The van der Waals surface area contributed by atoms with E-state index in [4.69, 9.17) is 21.2 Å². The van der Waals surface area contributed by atoms with Crippen molar-refractivity contribution >= 4 is 17.3 Å². The maximum Gasteiger partial charge on any atom is 0.145 e. The van der Waals surface area contributed by atoms with Crippen LogP contribution in [0.1, 0.15) is 23.1 Å². The number of aliphatic hydroxyl groups is 1. The highest BCUT2D eigenvalue weighted by molar-refractivity contribution is 6.30. The maximum absolute atomic E-state index is 10.7. The molecule has 0 radical (unpaired) electrons. The van der Waals surface area contributed by atoms with E-state index in [-0.39, 0.29) is 12.7 Å². The third-order valence-electron chi connectivity index (χ3n) is 5.51. The number of nitrogens with zero attached hydrogens (tertiary/aromatic N) is 2. The van der Waals surface area contributed by atoms with Crippen LogP contribution >= 0.6 is 11.6 Å². The number of oxime groups is 1. The van der Waals surface area contributed by atoms with Gasteiger partial charge in [-0.25, -0.2) is 0 Å². The number of hydrogen-bond donors (Lipinski definition) is 1. The van der Waals surface area contributed by atoms with Gasteiger partial charge < -0.3 is 14.7 Å². The molecule has 0 fully saturated rings. The Hall–Kier alpha value is -2.70. The fourth-order valence-corrected chi connectivity index (χ4v) is 4.04. The topological polar surface area (TPSA) is 54.3 Å². The van der Waals surface area contributed by atoms with Gasteiger partial charge in [-0.05, 0) is 28.8 Å². The van der Waals surface area contributed by atoms with E-state index in [9.17, 15) is 5.11 Å². The van der Waals surface area contributed by atoms with E-state index in [2.05, 4.69) is 22.2 Å². The van der Waals surface area contributed by atoms with Crippen LogP contribution in [0.25, 0.3) is 0 Å². The van der Waals surface area contributed by atoms with Crippen LogP contribution in [-0.4, -0.2) is 47.6 Å². The van der Waals surface area contributed by atoms with Gasteiger partial charge in [0.2, 0.25) is 0 Å². The molecule has 0 amide bonds. The Bertz CT molecular complexity index is 1010. The summed E-state index contributed by atoms with van der Waals surface area (Å²) < 4.78 is 5.75. The van der Waals surface area contributed by atoms with Crippen LogP contribution in [0.5, 0.6) is 0 Å². The summed E-state index contributed by atoms with van der Waals surface area (Å²) in [6, 6.07) is 27.9. The summed E-state index contributed by atoms with van der Waals surface area (Å²) in [4.78, 5) is 7.94. The molecule has 0 saturated carbocycles. The van der Waals surface area contributed by atoms with Crippen molar-refractivity contribution in [2.24, 2.45) is 5.16 Å². The minimum Gasteiger partial charge on any atom is -0.390 e. The number of halogens is 1. The van der Waals surface area contributed by atoms with Crippen molar-refractivity contribution < 1.29 is 14.7 Å². The van der Waals surface area contributed by atoms with Crippen LogP contribution in [0.4, 0.5) is 0 Å². The van der Waals surface area contributed by atoms with E-state index in [1.807, 2.05) is 72.8 Å². The van der Waals surface area contributed by atoms with Crippen LogP contribution in [0.3, 0.4) is 0 Å². The van der Waals surface area contributed by atoms with Crippen LogP contribution < -0.4 is 0 Å². The minimum atomic E-state index is -0.601. The Balaban J connectivity index is 1.32. The summed E-state index contributed by atoms with van der Waals surface area (Å²) in [5.41, 5.74) is 4.22. The molecule has 1 aliphatic rings. The van der Waals surface area contributed by atoms with E-state index < -0.39 is 6.10 Å². The highest BCUT2D eigenvalue weighted by Gasteiger charge is 2.25. The highest BCUT2D eigenvalue weighted by atomic mass is 35.5. The zero-order valence-corrected chi connectivity index (χ0v) is 19.3. The first-order valence-corrected chi connectivity index (χ1v) is 11.6. The molecule has 1 heterocycles. The van der Waals surface area contributed by atoms with Gasteiger partial charge in [0.15, 0.2) is 0 Å². The molecule has 1 aliphatic heterocycles. The fourth-order valence-electron chi connectivity index (χ4n) is 3.91. The van der Waals surface area contributed by atoms with Gasteiger partial charge in [-0.3, -0.25) is 4.90 Å². The molecule has 5 nitrogen and oxygen atoms in total. The predicted molar refractivity (Wildman–Crippen MR) is 131 cm³/mol. The van der Waals surface area contributed by atoms with Gasteiger partial charge in [0.25, 0.3) is 0 Å². The molecule has 3 aromatic rings. The monoisotopic (exact) mass is 464 g/mol. The number of rotatable bonds is 11. The molecule has 0 saturated heterocycles. The summed E-state index contributed by atoms with van der Waals surface area (Å²) in [5.74, 6) is 0. The largest absolute Gasteiger partial charge is 0.390 e. The van der Waals surface area contributed by atoms with E-state index in [1.165, 1.54) is 5.56 Å². The second-order valence-corrected chi connectivity index (χ2v) is 8.75. The standard InChI is InChI=1S/C27H29ClN2O3/c28-24-13-11-23(12-14-24)27-15-26(33-29-27)18-30(16-21-7-3-1-4-8-21)17-25(31)20-32-19-22-9-5-2-6-10-22/h1-14,25-26,31H,15-20H2/t25-,26-/m1/s1. The highest BCUT2D eigenvalue weighted by Crippen LogP contribution is 2.20. The van der Waals surface area contributed by atoms with E-state index in [0.717, 1.165) is 16.8 Å². The smallest absolute Gasteiger partial charge is 0.145 e. The summed E-state index contributed by atoms with van der Waals surface area (Å²) in [5, 5.41) is 15.7. The summed E-state index contributed by atoms with van der Waals surface area (Å²) in [7, 11) is 0. The van der Waals surface area contributed by atoms with Crippen molar-refractivity contribution in [1.29, 1.82) is 0 Å². The Labute approximate surface area is 200 Å². The van der Waals surface area contributed by atoms with Crippen LogP contribution in [0.15, 0.2) is 90.1 Å². The third-order valence-corrected chi connectivity index (χ3v) is 5.76. The van der Waals surface area contributed by atoms with Gasteiger partial charge in [0.1, 0.15) is 6.10 Å². The number of benzene rings is 3.